The molecule has 0 aromatic heterocycles. The van der Waals surface area contributed by atoms with Crippen molar-refractivity contribution in [3.8, 4) is 0 Å². The highest BCUT2D eigenvalue weighted by atomic mass is 16.5. The summed E-state index contributed by atoms with van der Waals surface area (Å²) in [5.41, 5.74) is 2.50. The number of esters is 1. The van der Waals surface area contributed by atoms with Gasteiger partial charge in [-0.05, 0) is 37.1 Å². The number of carbonyl (C=O) groups excluding carboxylic acids is 3. The molecule has 1 aliphatic rings. The molecule has 0 unspecified atom stereocenters. The van der Waals surface area contributed by atoms with Crippen LogP contribution in [-0.2, 0) is 20.7 Å². The molecular formula is C15H17NO4. The fourth-order valence-corrected chi connectivity index (χ4v) is 2.33. The zero-order valence-corrected chi connectivity index (χ0v) is 11.6. The van der Waals surface area contributed by atoms with Crippen LogP contribution in [0.1, 0.15) is 35.7 Å². The molecule has 5 heteroatoms. The third-order valence-corrected chi connectivity index (χ3v) is 3.45. The van der Waals surface area contributed by atoms with Gasteiger partial charge in [-0.25, -0.2) is 0 Å². The molecule has 0 radical (unpaired) electrons. The Morgan fingerprint density at radius 2 is 2.00 bits per heavy atom. The number of Topliss-reactive ketones (excluding diaryl/α,β-unsaturated/α-hetero) is 1. The standard InChI is InChI=1S/C15H17NO4/c1-10(17)11-3-4-13-12(9-11)7-8-16(13)14(18)5-6-15(19)20-2/h3-4,9H,5-8H2,1-2H3. The van der Waals surface area contributed by atoms with E-state index in [-0.39, 0.29) is 30.5 Å². The summed E-state index contributed by atoms with van der Waals surface area (Å²) in [7, 11) is 1.31. The average molecular weight is 275 g/mol. The second kappa shape index (κ2) is 5.86. The van der Waals surface area contributed by atoms with E-state index >= 15 is 0 Å². The van der Waals surface area contributed by atoms with Crippen molar-refractivity contribution in [1.82, 2.24) is 0 Å². The van der Waals surface area contributed by atoms with Gasteiger partial charge in [0.05, 0.1) is 13.5 Å². The summed E-state index contributed by atoms with van der Waals surface area (Å²) in [6.07, 6.45) is 0.966. The third-order valence-electron chi connectivity index (χ3n) is 3.45. The van der Waals surface area contributed by atoms with E-state index in [2.05, 4.69) is 4.74 Å². The van der Waals surface area contributed by atoms with E-state index in [1.807, 2.05) is 6.07 Å². The molecule has 0 aliphatic carbocycles. The highest BCUT2D eigenvalue weighted by Gasteiger charge is 2.25. The first-order chi connectivity index (χ1) is 9.52. The predicted octanol–water partition coefficient (Wildman–Crippen LogP) is 1.73. The molecular weight excluding hydrogens is 258 g/mol. The highest BCUT2D eigenvalue weighted by Crippen LogP contribution is 2.29. The predicted molar refractivity (Wildman–Crippen MR) is 73.8 cm³/mol. The van der Waals surface area contributed by atoms with Crippen molar-refractivity contribution >= 4 is 23.3 Å². The van der Waals surface area contributed by atoms with Crippen LogP contribution in [0.15, 0.2) is 18.2 Å². The van der Waals surface area contributed by atoms with Gasteiger partial charge < -0.3 is 9.64 Å². The van der Waals surface area contributed by atoms with Crippen molar-refractivity contribution in [2.45, 2.75) is 26.2 Å². The van der Waals surface area contributed by atoms with Crippen molar-refractivity contribution < 1.29 is 19.1 Å². The maximum Gasteiger partial charge on any atom is 0.306 e. The molecule has 0 saturated carbocycles. The smallest absolute Gasteiger partial charge is 0.306 e. The lowest BCUT2D eigenvalue weighted by atomic mass is 10.1. The molecule has 0 N–H and O–H groups in total. The van der Waals surface area contributed by atoms with Crippen molar-refractivity contribution in [3.05, 3.63) is 29.3 Å². The fourth-order valence-electron chi connectivity index (χ4n) is 2.33. The molecule has 0 spiro atoms. The minimum absolute atomic E-state index is 0.0169. The van der Waals surface area contributed by atoms with Gasteiger partial charge in [0.1, 0.15) is 0 Å². The summed E-state index contributed by atoms with van der Waals surface area (Å²) in [6, 6.07) is 5.37. The number of fused-ring (bicyclic) bond motifs is 1. The van der Waals surface area contributed by atoms with Crippen molar-refractivity contribution in [3.63, 3.8) is 0 Å². The molecule has 2 rings (SSSR count). The summed E-state index contributed by atoms with van der Waals surface area (Å²) < 4.78 is 4.53. The number of amides is 1. The second-order valence-corrected chi connectivity index (χ2v) is 4.77. The Hall–Kier alpha value is -2.17. The summed E-state index contributed by atoms with van der Waals surface area (Å²) in [4.78, 5) is 36.2. The average Bonchev–Trinajstić information content (AvgIpc) is 2.87. The summed E-state index contributed by atoms with van der Waals surface area (Å²) in [6.45, 7) is 2.12. The van der Waals surface area contributed by atoms with Crippen LogP contribution in [0.4, 0.5) is 5.69 Å². The Bertz CT molecular complexity index is 565. The first-order valence-corrected chi connectivity index (χ1v) is 6.54. The Labute approximate surface area is 117 Å². The summed E-state index contributed by atoms with van der Waals surface area (Å²) >= 11 is 0. The van der Waals surface area contributed by atoms with Gasteiger partial charge in [-0.1, -0.05) is 0 Å². The Morgan fingerprint density at radius 3 is 2.65 bits per heavy atom. The van der Waals surface area contributed by atoms with E-state index in [0.717, 1.165) is 17.7 Å². The van der Waals surface area contributed by atoms with Gasteiger partial charge in [0.25, 0.3) is 0 Å². The normalized spacial score (nSPS) is 13.0. The van der Waals surface area contributed by atoms with Crippen molar-refractivity contribution in [2.24, 2.45) is 0 Å². The van der Waals surface area contributed by atoms with E-state index in [1.165, 1.54) is 14.0 Å². The number of carbonyl (C=O) groups is 3. The van der Waals surface area contributed by atoms with Crippen LogP contribution in [0.2, 0.25) is 0 Å². The molecule has 106 valence electrons. The minimum Gasteiger partial charge on any atom is -0.469 e. The second-order valence-electron chi connectivity index (χ2n) is 4.77. The van der Waals surface area contributed by atoms with Crippen LogP contribution in [0, 0.1) is 0 Å². The van der Waals surface area contributed by atoms with Gasteiger partial charge in [-0.2, -0.15) is 0 Å². The highest BCUT2D eigenvalue weighted by molar-refractivity contribution is 5.99. The molecule has 0 bridgehead atoms. The van der Waals surface area contributed by atoms with Gasteiger partial charge >= 0.3 is 5.97 Å². The van der Waals surface area contributed by atoms with Gasteiger partial charge in [0, 0.05) is 24.2 Å². The number of methoxy groups -OCH3 is 1. The number of anilines is 1. The summed E-state index contributed by atoms with van der Waals surface area (Å²) in [5.74, 6) is -0.460. The first kappa shape index (κ1) is 14.2. The van der Waals surface area contributed by atoms with Gasteiger partial charge in [-0.15, -0.1) is 0 Å². The van der Waals surface area contributed by atoms with E-state index in [1.54, 1.807) is 17.0 Å². The zero-order valence-electron chi connectivity index (χ0n) is 11.6. The van der Waals surface area contributed by atoms with Gasteiger partial charge in [-0.3, -0.25) is 14.4 Å². The molecule has 1 aromatic carbocycles. The number of nitrogens with zero attached hydrogens (tertiary/aromatic N) is 1. The van der Waals surface area contributed by atoms with Crippen LogP contribution in [0.3, 0.4) is 0 Å². The lowest BCUT2D eigenvalue weighted by Crippen LogP contribution is -2.29. The van der Waals surface area contributed by atoms with Gasteiger partial charge in [0.2, 0.25) is 5.91 Å². The van der Waals surface area contributed by atoms with E-state index in [9.17, 15) is 14.4 Å². The molecule has 1 aliphatic heterocycles. The zero-order chi connectivity index (χ0) is 14.7. The van der Waals surface area contributed by atoms with Crippen LogP contribution < -0.4 is 4.90 Å². The monoisotopic (exact) mass is 275 g/mol. The first-order valence-electron chi connectivity index (χ1n) is 6.54. The van der Waals surface area contributed by atoms with Crippen molar-refractivity contribution in [1.29, 1.82) is 0 Å². The molecule has 0 atom stereocenters. The molecule has 5 nitrogen and oxygen atoms in total. The van der Waals surface area contributed by atoms with Gasteiger partial charge in [0.15, 0.2) is 5.78 Å². The number of benzene rings is 1. The van der Waals surface area contributed by atoms with E-state index in [4.69, 9.17) is 0 Å². The van der Waals surface area contributed by atoms with Crippen molar-refractivity contribution in [2.75, 3.05) is 18.6 Å². The molecule has 1 heterocycles. The lowest BCUT2D eigenvalue weighted by Gasteiger charge is -2.17. The van der Waals surface area contributed by atoms with Crippen LogP contribution in [0.5, 0.6) is 0 Å². The summed E-state index contributed by atoms with van der Waals surface area (Å²) in [5, 5.41) is 0. The van der Waals surface area contributed by atoms with Crippen LogP contribution in [0.25, 0.3) is 0 Å². The Morgan fingerprint density at radius 1 is 1.25 bits per heavy atom. The molecule has 1 amide bonds. The quantitative estimate of drug-likeness (QED) is 0.620. The number of hydrogen-bond donors (Lipinski definition) is 0. The Kier molecular flexibility index (Phi) is 4.17. The Balaban J connectivity index is 2.10. The van der Waals surface area contributed by atoms with E-state index < -0.39 is 0 Å². The molecule has 0 fully saturated rings. The molecule has 1 aromatic rings. The topological polar surface area (TPSA) is 63.7 Å². The van der Waals surface area contributed by atoms with Crippen LogP contribution >= 0.6 is 0 Å². The molecule has 20 heavy (non-hydrogen) atoms. The lowest BCUT2D eigenvalue weighted by molar-refractivity contribution is -0.141. The fraction of sp³-hybridized carbons (Fsp3) is 0.400. The largest absolute Gasteiger partial charge is 0.469 e. The number of hydrogen-bond acceptors (Lipinski definition) is 4. The number of rotatable bonds is 4. The van der Waals surface area contributed by atoms with Crippen LogP contribution in [-0.4, -0.2) is 31.3 Å². The SMILES string of the molecule is COC(=O)CCC(=O)N1CCc2cc(C(C)=O)ccc21. The minimum atomic E-state index is -0.385. The van der Waals surface area contributed by atoms with E-state index in [0.29, 0.717) is 12.1 Å². The maximum atomic E-state index is 12.1. The maximum absolute atomic E-state index is 12.1. The molecule has 0 saturated heterocycles. The number of ketones is 1. The third kappa shape index (κ3) is 2.87. The number of ether oxygens (including phenoxy) is 1.